The number of hydrogen-bond donors (Lipinski definition) is 0. The molecular weight excluding hydrogens is 625 g/mol. The zero-order valence-electron chi connectivity index (χ0n) is 27.1. The molecule has 0 N–H and O–H groups in total. The minimum Gasteiger partial charge on any atom is -0.310 e. The molecule has 9 aromatic rings. The smallest absolute Gasteiger partial charge is 0.124 e. The third-order valence-electron chi connectivity index (χ3n) is 9.86. The van der Waals surface area contributed by atoms with Crippen molar-refractivity contribution in [3.8, 4) is 54.5 Å². The number of rotatable bonds is 6. The second-order valence-electron chi connectivity index (χ2n) is 12.7. The van der Waals surface area contributed by atoms with Crippen LogP contribution in [0, 0.1) is 0 Å². The number of thiazole rings is 1. The van der Waals surface area contributed by atoms with E-state index in [0.717, 1.165) is 33.3 Å². The lowest BCUT2D eigenvalue weighted by Gasteiger charge is -2.27. The van der Waals surface area contributed by atoms with E-state index in [4.69, 9.17) is 4.98 Å². The average Bonchev–Trinajstić information content (AvgIpc) is 3.76. The Bertz CT molecular complexity index is 2640. The van der Waals surface area contributed by atoms with Gasteiger partial charge in [-0.25, -0.2) is 4.98 Å². The van der Waals surface area contributed by atoms with E-state index in [0.29, 0.717) is 0 Å². The van der Waals surface area contributed by atoms with Gasteiger partial charge in [0, 0.05) is 38.8 Å². The molecule has 2 nitrogen and oxygen atoms in total. The molecule has 0 atom stereocenters. The van der Waals surface area contributed by atoms with Crippen molar-refractivity contribution >= 4 is 49.9 Å². The molecule has 0 aliphatic heterocycles. The van der Waals surface area contributed by atoms with Crippen LogP contribution in [0.25, 0.3) is 76.1 Å². The molecule has 1 aliphatic rings. The summed E-state index contributed by atoms with van der Waals surface area (Å²) in [6.07, 6.45) is 0. The van der Waals surface area contributed by atoms with Crippen LogP contribution in [0.15, 0.2) is 182 Å². The van der Waals surface area contributed by atoms with Gasteiger partial charge in [0.15, 0.2) is 0 Å². The highest BCUT2D eigenvalue weighted by Gasteiger charge is 2.28. The number of nitrogens with zero attached hydrogens (tertiary/aromatic N) is 2. The van der Waals surface area contributed by atoms with Crippen molar-refractivity contribution in [2.75, 3.05) is 4.90 Å². The van der Waals surface area contributed by atoms with Gasteiger partial charge in [-0.05, 0) is 63.4 Å². The van der Waals surface area contributed by atoms with E-state index >= 15 is 0 Å². The Labute approximate surface area is 295 Å². The molecule has 0 fully saturated rings. The monoisotopic (exact) mass is 654 g/mol. The summed E-state index contributed by atoms with van der Waals surface area (Å²) in [5, 5.41) is 6.07. The summed E-state index contributed by atoms with van der Waals surface area (Å²) in [5.41, 5.74) is 12.9. The number of hydrogen-bond acceptors (Lipinski definition) is 3. The van der Waals surface area contributed by atoms with E-state index in [-0.39, 0.29) is 0 Å². The van der Waals surface area contributed by atoms with Gasteiger partial charge >= 0.3 is 0 Å². The van der Waals surface area contributed by atoms with Crippen molar-refractivity contribution < 1.29 is 0 Å². The normalized spacial score (nSPS) is 11.6. The lowest BCUT2D eigenvalue weighted by molar-refractivity contribution is 1.30. The fraction of sp³-hybridized carbons (Fsp3) is 0. The van der Waals surface area contributed by atoms with Gasteiger partial charge in [0.2, 0.25) is 0 Å². The maximum atomic E-state index is 5.20. The van der Waals surface area contributed by atoms with Crippen LogP contribution >= 0.6 is 11.3 Å². The summed E-state index contributed by atoms with van der Waals surface area (Å²) >= 11 is 1.79. The molecule has 234 valence electrons. The number of benzene rings is 8. The molecule has 1 aromatic heterocycles. The first kappa shape index (κ1) is 28.7. The zero-order valence-corrected chi connectivity index (χ0v) is 27.9. The second-order valence-corrected chi connectivity index (χ2v) is 13.7. The third kappa shape index (κ3) is 4.67. The molecule has 0 amide bonds. The van der Waals surface area contributed by atoms with Gasteiger partial charge in [-0.3, -0.25) is 0 Å². The molecule has 0 radical (unpaired) electrons. The van der Waals surface area contributed by atoms with E-state index < -0.39 is 0 Å². The van der Waals surface area contributed by atoms with E-state index in [9.17, 15) is 0 Å². The summed E-state index contributed by atoms with van der Waals surface area (Å²) < 4.78 is 0. The van der Waals surface area contributed by atoms with Gasteiger partial charge in [-0.1, -0.05) is 152 Å². The van der Waals surface area contributed by atoms with Crippen molar-refractivity contribution in [3.63, 3.8) is 0 Å². The molecule has 50 heavy (non-hydrogen) atoms. The molecule has 0 unspecified atom stereocenters. The maximum Gasteiger partial charge on any atom is 0.124 e. The van der Waals surface area contributed by atoms with E-state index in [1.165, 1.54) is 59.8 Å². The first-order valence-corrected chi connectivity index (χ1v) is 17.8. The summed E-state index contributed by atoms with van der Waals surface area (Å²) in [6, 6.07) is 65.5. The number of anilines is 3. The van der Waals surface area contributed by atoms with Crippen LogP contribution in [0.3, 0.4) is 0 Å². The Morgan fingerprint density at radius 3 is 1.74 bits per heavy atom. The lowest BCUT2D eigenvalue weighted by atomic mass is 9.97. The van der Waals surface area contributed by atoms with Gasteiger partial charge in [0.05, 0.1) is 16.3 Å². The minimum atomic E-state index is 1.06. The second kappa shape index (κ2) is 11.7. The van der Waals surface area contributed by atoms with Gasteiger partial charge in [-0.2, -0.15) is 0 Å². The average molecular weight is 655 g/mol. The Kier molecular flexibility index (Phi) is 6.71. The van der Waals surface area contributed by atoms with Gasteiger partial charge in [0.25, 0.3) is 0 Å². The first-order chi connectivity index (χ1) is 24.8. The van der Waals surface area contributed by atoms with Crippen LogP contribution in [0.1, 0.15) is 0 Å². The molecule has 1 aliphatic carbocycles. The highest BCUT2D eigenvalue weighted by molar-refractivity contribution is 7.19. The number of fused-ring (bicyclic) bond motifs is 4. The summed E-state index contributed by atoms with van der Waals surface area (Å²) in [6.45, 7) is 0. The Morgan fingerprint density at radius 2 is 0.980 bits per heavy atom. The molecule has 1 heterocycles. The van der Waals surface area contributed by atoms with Crippen LogP contribution < -0.4 is 4.90 Å². The largest absolute Gasteiger partial charge is 0.310 e. The molecule has 0 spiro atoms. The predicted octanol–water partition coefficient (Wildman–Crippen LogP) is 13.6. The molecular formula is C47H30N2S. The minimum absolute atomic E-state index is 1.06. The van der Waals surface area contributed by atoms with Crippen LogP contribution in [0.5, 0.6) is 0 Å². The summed E-state index contributed by atoms with van der Waals surface area (Å²) in [4.78, 5) is 8.85. The molecule has 8 aromatic carbocycles. The Morgan fingerprint density at radius 1 is 0.400 bits per heavy atom. The van der Waals surface area contributed by atoms with Gasteiger partial charge in [0.1, 0.15) is 5.01 Å². The first-order valence-electron chi connectivity index (χ1n) is 17.0. The molecule has 0 saturated heterocycles. The fourth-order valence-electron chi connectivity index (χ4n) is 7.49. The van der Waals surface area contributed by atoms with Crippen molar-refractivity contribution in [1.82, 2.24) is 4.98 Å². The topological polar surface area (TPSA) is 16.1 Å². The lowest BCUT2D eigenvalue weighted by Crippen LogP contribution is -2.10. The van der Waals surface area contributed by atoms with Crippen molar-refractivity contribution in [3.05, 3.63) is 182 Å². The Balaban J connectivity index is 1.12. The van der Waals surface area contributed by atoms with E-state index in [1.54, 1.807) is 11.3 Å². The van der Waals surface area contributed by atoms with Crippen LogP contribution in [-0.4, -0.2) is 4.98 Å². The van der Waals surface area contributed by atoms with Crippen LogP contribution in [-0.2, 0) is 0 Å². The maximum absolute atomic E-state index is 5.20. The zero-order chi connectivity index (χ0) is 33.0. The van der Waals surface area contributed by atoms with Gasteiger partial charge in [-0.15, -0.1) is 11.3 Å². The number of aromatic nitrogens is 1. The summed E-state index contributed by atoms with van der Waals surface area (Å²) in [5.74, 6) is 0. The summed E-state index contributed by atoms with van der Waals surface area (Å²) in [7, 11) is 0. The molecule has 0 bridgehead atoms. The quantitative estimate of drug-likeness (QED) is 0.177. The van der Waals surface area contributed by atoms with Crippen molar-refractivity contribution in [2.45, 2.75) is 0 Å². The van der Waals surface area contributed by atoms with Crippen molar-refractivity contribution in [2.24, 2.45) is 0 Å². The highest BCUT2D eigenvalue weighted by atomic mass is 32.1. The fourth-order valence-corrected chi connectivity index (χ4v) is 8.61. The van der Waals surface area contributed by atoms with E-state index in [1.807, 2.05) is 0 Å². The van der Waals surface area contributed by atoms with E-state index in [2.05, 4.69) is 187 Å². The van der Waals surface area contributed by atoms with Crippen LogP contribution in [0.4, 0.5) is 17.1 Å². The van der Waals surface area contributed by atoms with Crippen LogP contribution in [0.2, 0.25) is 0 Å². The van der Waals surface area contributed by atoms with Gasteiger partial charge < -0.3 is 4.90 Å². The Hall–Kier alpha value is -6.29. The SMILES string of the molecule is c1ccc(-c2ccc(N(c3ccc(-c4cccc5ccccc45)cc3)c3ccc4c5c(cccc35)-c3nc(-c5ccccc5)sc3-4)cc2)cc1. The third-order valence-corrected chi connectivity index (χ3v) is 11.0. The molecule has 10 rings (SSSR count). The standard InChI is InChI=1S/C47H30N2S/c1-3-11-31(12-4-1)32-21-25-36(26-22-32)49(37-27-23-34(24-28-37)39-18-9-16-33-13-7-8-17-38(33)39)43-30-29-42-44-40(43)19-10-20-41(44)45-46(42)50-47(48-45)35-14-5-2-6-15-35/h1-30H. The molecule has 3 heteroatoms. The predicted molar refractivity (Wildman–Crippen MR) is 213 cm³/mol. The highest BCUT2D eigenvalue weighted by Crippen LogP contribution is 2.54. The molecule has 0 saturated carbocycles. The van der Waals surface area contributed by atoms with Crippen molar-refractivity contribution in [1.29, 1.82) is 0 Å².